The molecule has 4 rings (SSSR count). The molecule has 1 N–H and O–H groups in total. The molecule has 0 saturated heterocycles. The lowest BCUT2D eigenvalue weighted by Gasteiger charge is -2.36. The Morgan fingerprint density at radius 3 is 2.74 bits per heavy atom. The average Bonchev–Trinajstić information content (AvgIpc) is 3.06. The summed E-state index contributed by atoms with van der Waals surface area (Å²) in [6.45, 7) is 2.66. The van der Waals surface area contributed by atoms with E-state index in [-0.39, 0.29) is 17.8 Å². The van der Waals surface area contributed by atoms with Crippen molar-refractivity contribution in [2.24, 2.45) is 0 Å². The Kier molecular flexibility index (Phi) is 4.60. The van der Waals surface area contributed by atoms with E-state index in [2.05, 4.69) is 4.98 Å². The number of rotatable bonds is 4. The van der Waals surface area contributed by atoms with Crippen molar-refractivity contribution >= 4 is 16.8 Å². The monoisotopic (exact) mass is 366 g/mol. The predicted molar refractivity (Wildman–Crippen MR) is 103 cm³/mol. The van der Waals surface area contributed by atoms with Crippen LogP contribution in [0.15, 0.2) is 42.5 Å². The minimum Gasteiger partial charge on any atom is -0.497 e. The summed E-state index contributed by atoms with van der Waals surface area (Å²) in [5, 5.41) is 1.12. The minimum absolute atomic E-state index is 0.133. The number of H-pyrrole nitrogens is 1. The second-order valence-corrected chi connectivity index (χ2v) is 6.97. The van der Waals surface area contributed by atoms with Crippen LogP contribution in [0.2, 0.25) is 0 Å². The predicted octanol–water partition coefficient (Wildman–Crippen LogP) is 4.59. The van der Waals surface area contributed by atoms with Crippen LogP contribution in [0.1, 0.15) is 42.6 Å². The van der Waals surface area contributed by atoms with Gasteiger partial charge < -0.3 is 14.6 Å². The van der Waals surface area contributed by atoms with Crippen LogP contribution in [-0.4, -0.2) is 29.4 Å². The molecule has 0 aliphatic carbocycles. The molecule has 1 aliphatic heterocycles. The maximum atomic E-state index is 13.5. The summed E-state index contributed by atoms with van der Waals surface area (Å²) in [6.07, 6.45) is 2.11. The maximum absolute atomic E-state index is 13.5. The van der Waals surface area contributed by atoms with E-state index in [0.29, 0.717) is 13.0 Å². The molecule has 0 unspecified atom stereocenters. The number of methoxy groups -OCH3 is 1. The van der Waals surface area contributed by atoms with Crippen molar-refractivity contribution in [2.45, 2.75) is 32.2 Å². The molecule has 3 aromatic rings. The van der Waals surface area contributed by atoms with Crippen molar-refractivity contribution < 1.29 is 13.9 Å². The van der Waals surface area contributed by atoms with E-state index in [1.54, 1.807) is 19.2 Å². The van der Waals surface area contributed by atoms with Gasteiger partial charge in [0.25, 0.3) is 0 Å². The highest BCUT2D eigenvalue weighted by atomic mass is 19.1. The van der Waals surface area contributed by atoms with E-state index in [1.165, 1.54) is 17.7 Å². The first-order valence-electron chi connectivity index (χ1n) is 9.35. The van der Waals surface area contributed by atoms with Gasteiger partial charge in [0.05, 0.1) is 13.2 Å². The Balaban J connectivity index is 1.87. The van der Waals surface area contributed by atoms with Gasteiger partial charge in [0.2, 0.25) is 5.91 Å². The second kappa shape index (κ2) is 7.06. The molecule has 1 atom stereocenters. The molecule has 1 aliphatic rings. The molecule has 5 heteroatoms. The Labute approximate surface area is 157 Å². The van der Waals surface area contributed by atoms with Crippen LogP contribution in [0.25, 0.3) is 10.9 Å². The smallest absolute Gasteiger partial charge is 0.223 e. The van der Waals surface area contributed by atoms with E-state index in [9.17, 15) is 9.18 Å². The Bertz CT molecular complexity index is 978. The lowest BCUT2D eigenvalue weighted by Crippen LogP contribution is -2.40. The third-order valence-corrected chi connectivity index (χ3v) is 5.30. The molecule has 0 saturated carbocycles. The molecule has 140 valence electrons. The highest BCUT2D eigenvalue weighted by Gasteiger charge is 2.34. The number of ether oxygens (including phenoxy) is 1. The summed E-state index contributed by atoms with van der Waals surface area (Å²) in [5.41, 5.74) is 4.16. The molecule has 0 fully saturated rings. The number of carbonyl (C=O) groups excluding carboxylic acids is 1. The number of fused-ring (bicyclic) bond motifs is 3. The van der Waals surface area contributed by atoms with E-state index in [0.717, 1.165) is 40.8 Å². The molecule has 2 aromatic carbocycles. The number of hydrogen-bond donors (Lipinski definition) is 1. The van der Waals surface area contributed by atoms with Crippen LogP contribution >= 0.6 is 0 Å². The first-order valence-corrected chi connectivity index (χ1v) is 9.35. The summed E-state index contributed by atoms with van der Waals surface area (Å²) in [5.74, 6) is 0.670. The third kappa shape index (κ3) is 3.07. The van der Waals surface area contributed by atoms with Gasteiger partial charge in [0, 0.05) is 29.6 Å². The Morgan fingerprint density at radius 2 is 2.04 bits per heavy atom. The molecule has 0 spiro atoms. The van der Waals surface area contributed by atoms with Crippen LogP contribution in [0.5, 0.6) is 5.75 Å². The normalized spacial score (nSPS) is 16.4. The van der Waals surface area contributed by atoms with E-state index in [1.807, 2.05) is 30.0 Å². The van der Waals surface area contributed by atoms with E-state index < -0.39 is 0 Å². The van der Waals surface area contributed by atoms with Gasteiger partial charge in [-0.3, -0.25) is 4.79 Å². The number of nitrogens with zero attached hydrogens (tertiary/aromatic N) is 1. The van der Waals surface area contributed by atoms with Gasteiger partial charge in [-0.25, -0.2) is 4.39 Å². The number of benzene rings is 2. The number of halogens is 1. The molecule has 1 aromatic heterocycles. The zero-order valence-corrected chi connectivity index (χ0v) is 15.6. The molecule has 0 bridgehead atoms. The Hall–Kier alpha value is -2.82. The Morgan fingerprint density at radius 1 is 1.26 bits per heavy atom. The molecule has 27 heavy (non-hydrogen) atoms. The summed E-state index contributed by atoms with van der Waals surface area (Å²) < 4.78 is 18.9. The lowest BCUT2D eigenvalue weighted by atomic mass is 9.92. The van der Waals surface area contributed by atoms with Crippen molar-refractivity contribution in [3.8, 4) is 5.75 Å². The van der Waals surface area contributed by atoms with Crippen molar-refractivity contribution in [1.29, 1.82) is 0 Å². The number of amides is 1. The molecule has 0 radical (unpaired) electrons. The van der Waals surface area contributed by atoms with Crippen LogP contribution in [0.3, 0.4) is 0 Å². The van der Waals surface area contributed by atoms with Crippen LogP contribution in [0.4, 0.5) is 4.39 Å². The lowest BCUT2D eigenvalue weighted by molar-refractivity contribution is -0.133. The second-order valence-electron chi connectivity index (χ2n) is 6.97. The molecular formula is C22H23FN2O2. The van der Waals surface area contributed by atoms with Gasteiger partial charge in [-0.1, -0.05) is 19.1 Å². The summed E-state index contributed by atoms with van der Waals surface area (Å²) in [4.78, 5) is 18.2. The molecule has 2 heterocycles. The number of aromatic nitrogens is 1. The van der Waals surface area contributed by atoms with Crippen molar-refractivity contribution in [2.75, 3.05) is 13.7 Å². The number of nitrogens with one attached hydrogen (secondary N) is 1. The van der Waals surface area contributed by atoms with Gasteiger partial charge in [-0.15, -0.1) is 0 Å². The number of aromatic amines is 1. The van der Waals surface area contributed by atoms with Gasteiger partial charge >= 0.3 is 0 Å². The highest BCUT2D eigenvalue weighted by molar-refractivity contribution is 5.87. The first kappa shape index (κ1) is 17.6. The van der Waals surface area contributed by atoms with Gasteiger partial charge in [0.1, 0.15) is 11.6 Å². The van der Waals surface area contributed by atoms with Crippen molar-refractivity contribution in [1.82, 2.24) is 9.88 Å². The standard InChI is InChI=1S/C22H23FN2O2/c1-3-4-20(26)25-12-11-17-18-13-16(27-2)9-10-19(18)24-21(17)22(25)14-5-7-15(23)8-6-14/h5-10,13,22,24H,3-4,11-12H2,1-2H3/t22-/m0/s1. The summed E-state index contributed by atoms with van der Waals surface area (Å²) in [6, 6.07) is 12.2. The third-order valence-electron chi connectivity index (χ3n) is 5.30. The fourth-order valence-corrected chi connectivity index (χ4v) is 4.01. The number of carbonyl (C=O) groups is 1. The van der Waals surface area contributed by atoms with E-state index >= 15 is 0 Å². The first-order chi connectivity index (χ1) is 13.1. The zero-order valence-electron chi connectivity index (χ0n) is 15.6. The number of hydrogen-bond acceptors (Lipinski definition) is 2. The minimum atomic E-state index is -0.275. The van der Waals surface area contributed by atoms with Gasteiger partial charge in [0.15, 0.2) is 0 Å². The van der Waals surface area contributed by atoms with Crippen LogP contribution in [0, 0.1) is 5.82 Å². The highest BCUT2D eigenvalue weighted by Crippen LogP contribution is 2.39. The maximum Gasteiger partial charge on any atom is 0.223 e. The van der Waals surface area contributed by atoms with E-state index in [4.69, 9.17) is 4.74 Å². The van der Waals surface area contributed by atoms with Crippen molar-refractivity contribution in [3.05, 3.63) is 65.1 Å². The topological polar surface area (TPSA) is 45.3 Å². The van der Waals surface area contributed by atoms with Gasteiger partial charge in [-0.2, -0.15) is 0 Å². The fraction of sp³-hybridized carbons (Fsp3) is 0.318. The summed E-state index contributed by atoms with van der Waals surface area (Å²) in [7, 11) is 1.66. The zero-order chi connectivity index (χ0) is 19.0. The van der Waals surface area contributed by atoms with Gasteiger partial charge in [-0.05, 0) is 54.3 Å². The van der Waals surface area contributed by atoms with Crippen LogP contribution in [-0.2, 0) is 11.2 Å². The molecular weight excluding hydrogens is 343 g/mol. The molecule has 1 amide bonds. The molecule has 4 nitrogen and oxygen atoms in total. The van der Waals surface area contributed by atoms with Crippen LogP contribution < -0.4 is 4.74 Å². The van der Waals surface area contributed by atoms with Crippen molar-refractivity contribution in [3.63, 3.8) is 0 Å². The fourth-order valence-electron chi connectivity index (χ4n) is 4.01. The quantitative estimate of drug-likeness (QED) is 0.734. The summed E-state index contributed by atoms with van der Waals surface area (Å²) >= 11 is 0. The SMILES string of the molecule is CCCC(=O)N1CCc2c([nH]c3ccc(OC)cc23)[C@@H]1c1ccc(F)cc1. The average molecular weight is 366 g/mol. The largest absolute Gasteiger partial charge is 0.497 e.